The number of fused-ring (bicyclic) bond motifs is 1. The highest BCUT2D eigenvalue weighted by molar-refractivity contribution is 7.14. The normalized spacial score (nSPS) is 15.5. The summed E-state index contributed by atoms with van der Waals surface area (Å²) in [6.07, 6.45) is -0.734. The number of hydrogen-bond donors (Lipinski definition) is 1. The van der Waals surface area contributed by atoms with E-state index in [1.807, 2.05) is 23.6 Å². The second-order valence-corrected chi connectivity index (χ2v) is 7.19. The van der Waals surface area contributed by atoms with E-state index in [-0.39, 0.29) is 12.5 Å². The molecule has 26 heavy (non-hydrogen) atoms. The molecular weight excluding hydrogens is 395 g/mol. The summed E-state index contributed by atoms with van der Waals surface area (Å²) in [6.45, 7) is 0.147. The molecule has 3 aromatic rings. The van der Waals surface area contributed by atoms with Crippen LogP contribution >= 0.6 is 34.5 Å². The van der Waals surface area contributed by atoms with E-state index in [9.17, 15) is 4.79 Å². The molecule has 0 unspecified atom stereocenters. The Bertz CT molecular complexity index is 977. The second kappa shape index (κ2) is 7.15. The summed E-state index contributed by atoms with van der Waals surface area (Å²) in [6, 6.07) is 12.5. The Labute approximate surface area is 163 Å². The third kappa shape index (κ3) is 3.49. The van der Waals surface area contributed by atoms with E-state index in [0.29, 0.717) is 32.4 Å². The van der Waals surface area contributed by atoms with Crippen LogP contribution in [0.25, 0.3) is 11.3 Å². The van der Waals surface area contributed by atoms with Crippen LogP contribution in [0.5, 0.6) is 11.5 Å². The van der Waals surface area contributed by atoms with Crippen LogP contribution in [0.1, 0.15) is 0 Å². The van der Waals surface area contributed by atoms with Crippen molar-refractivity contribution in [2.24, 2.45) is 0 Å². The molecule has 2 heterocycles. The van der Waals surface area contributed by atoms with E-state index in [1.54, 1.807) is 24.3 Å². The first-order valence-corrected chi connectivity index (χ1v) is 9.34. The molecule has 1 aliphatic heterocycles. The van der Waals surface area contributed by atoms with E-state index in [2.05, 4.69) is 10.3 Å². The van der Waals surface area contributed by atoms with Crippen LogP contribution in [0.15, 0.2) is 47.8 Å². The average Bonchev–Trinajstić information content (AvgIpc) is 3.12. The summed E-state index contributed by atoms with van der Waals surface area (Å²) in [7, 11) is 0. The summed E-state index contributed by atoms with van der Waals surface area (Å²) in [5, 5.41) is 6.00. The third-order valence-electron chi connectivity index (χ3n) is 3.75. The SMILES string of the molecule is O=C(Nc1nc(-c2ccc(Cl)c(Cl)c2)cs1)[C@@H]1COc2ccccc2O1. The maximum Gasteiger partial charge on any atom is 0.270 e. The molecule has 0 aliphatic carbocycles. The lowest BCUT2D eigenvalue weighted by molar-refractivity contribution is -0.125. The topological polar surface area (TPSA) is 60.5 Å². The molecule has 1 atom stereocenters. The summed E-state index contributed by atoms with van der Waals surface area (Å²) in [4.78, 5) is 16.9. The molecule has 1 amide bonds. The molecule has 132 valence electrons. The number of nitrogens with zero attached hydrogens (tertiary/aromatic N) is 1. The Hall–Kier alpha value is -2.28. The molecule has 0 bridgehead atoms. The smallest absolute Gasteiger partial charge is 0.270 e. The quantitative estimate of drug-likeness (QED) is 0.671. The molecule has 0 spiro atoms. The number of para-hydroxylation sites is 2. The highest BCUT2D eigenvalue weighted by Gasteiger charge is 2.27. The molecule has 0 saturated heterocycles. The number of carbonyl (C=O) groups is 1. The summed E-state index contributed by atoms with van der Waals surface area (Å²) in [5.74, 6) is 0.872. The highest BCUT2D eigenvalue weighted by atomic mass is 35.5. The minimum absolute atomic E-state index is 0.147. The van der Waals surface area contributed by atoms with Crippen molar-refractivity contribution in [3.63, 3.8) is 0 Å². The predicted molar refractivity (Wildman–Crippen MR) is 103 cm³/mol. The number of amides is 1. The predicted octanol–water partition coefficient (Wildman–Crippen LogP) is 4.90. The maximum atomic E-state index is 12.4. The number of thiazole rings is 1. The van der Waals surface area contributed by atoms with Gasteiger partial charge in [-0.25, -0.2) is 4.98 Å². The van der Waals surface area contributed by atoms with Crippen molar-refractivity contribution in [3.05, 3.63) is 57.9 Å². The zero-order chi connectivity index (χ0) is 18.1. The van der Waals surface area contributed by atoms with Crippen LogP contribution in [0.4, 0.5) is 5.13 Å². The fraction of sp³-hybridized carbons (Fsp3) is 0.111. The fourth-order valence-corrected chi connectivity index (χ4v) is 3.47. The lowest BCUT2D eigenvalue weighted by Crippen LogP contribution is -2.40. The Balaban J connectivity index is 1.46. The van der Waals surface area contributed by atoms with Gasteiger partial charge in [0.15, 0.2) is 16.6 Å². The van der Waals surface area contributed by atoms with E-state index in [0.717, 1.165) is 5.56 Å². The van der Waals surface area contributed by atoms with Gasteiger partial charge < -0.3 is 9.47 Å². The Morgan fingerprint density at radius 1 is 1.15 bits per heavy atom. The van der Waals surface area contributed by atoms with Crippen molar-refractivity contribution in [2.45, 2.75) is 6.10 Å². The molecule has 0 fully saturated rings. The number of benzene rings is 2. The summed E-state index contributed by atoms with van der Waals surface area (Å²) >= 11 is 13.3. The molecule has 2 aromatic carbocycles. The lowest BCUT2D eigenvalue weighted by Gasteiger charge is -2.25. The first-order chi connectivity index (χ1) is 12.6. The van der Waals surface area contributed by atoms with Gasteiger partial charge in [-0.3, -0.25) is 10.1 Å². The van der Waals surface area contributed by atoms with E-state index in [4.69, 9.17) is 32.7 Å². The van der Waals surface area contributed by atoms with Gasteiger partial charge in [0, 0.05) is 10.9 Å². The van der Waals surface area contributed by atoms with Crippen molar-refractivity contribution in [1.29, 1.82) is 0 Å². The van der Waals surface area contributed by atoms with Crippen LogP contribution in [-0.2, 0) is 4.79 Å². The van der Waals surface area contributed by atoms with Crippen LogP contribution < -0.4 is 14.8 Å². The number of rotatable bonds is 3. The van der Waals surface area contributed by atoms with Crippen molar-refractivity contribution in [2.75, 3.05) is 11.9 Å². The maximum absolute atomic E-state index is 12.4. The number of hydrogen-bond acceptors (Lipinski definition) is 5. The zero-order valence-corrected chi connectivity index (χ0v) is 15.6. The van der Waals surface area contributed by atoms with E-state index < -0.39 is 6.10 Å². The lowest BCUT2D eigenvalue weighted by atomic mass is 10.2. The van der Waals surface area contributed by atoms with Crippen LogP contribution in [0.3, 0.4) is 0 Å². The fourth-order valence-electron chi connectivity index (χ4n) is 2.45. The van der Waals surface area contributed by atoms with Gasteiger partial charge >= 0.3 is 0 Å². The van der Waals surface area contributed by atoms with Gasteiger partial charge in [0.05, 0.1) is 15.7 Å². The van der Waals surface area contributed by atoms with Crippen LogP contribution in [-0.4, -0.2) is 23.6 Å². The largest absolute Gasteiger partial charge is 0.485 e. The molecule has 5 nitrogen and oxygen atoms in total. The number of ether oxygens (including phenoxy) is 2. The average molecular weight is 407 g/mol. The Kier molecular flexibility index (Phi) is 4.72. The van der Waals surface area contributed by atoms with Gasteiger partial charge in [-0.1, -0.05) is 41.4 Å². The first kappa shape index (κ1) is 17.1. The number of aromatic nitrogens is 1. The van der Waals surface area contributed by atoms with E-state index >= 15 is 0 Å². The van der Waals surface area contributed by atoms with Gasteiger partial charge in [0.2, 0.25) is 6.10 Å². The molecule has 1 aromatic heterocycles. The molecule has 1 N–H and O–H groups in total. The summed E-state index contributed by atoms with van der Waals surface area (Å²) in [5.41, 5.74) is 1.53. The van der Waals surface area contributed by atoms with Gasteiger partial charge in [-0.05, 0) is 24.3 Å². The van der Waals surface area contributed by atoms with Gasteiger partial charge in [-0.15, -0.1) is 11.3 Å². The highest BCUT2D eigenvalue weighted by Crippen LogP contribution is 2.32. The standard InChI is InChI=1S/C18H12Cl2N2O3S/c19-11-6-5-10(7-12(11)20)13-9-26-18(21-13)22-17(23)16-8-24-14-3-1-2-4-15(14)25-16/h1-7,9,16H,8H2,(H,21,22,23)/t16-/m0/s1. The first-order valence-electron chi connectivity index (χ1n) is 7.70. The second-order valence-electron chi connectivity index (χ2n) is 5.52. The monoisotopic (exact) mass is 406 g/mol. The Morgan fingerprint density at radius 2 is 1.96 bits per heavy atom. The molecular formula is C18H12Cl2N2O3S. The number of anilines is 1. The molecule has 4 rings (SSSR count). The van der Waals surface area contributed by atoms with E-state index in [1.165, 1.54) is 11.3 Å². The minimum atomic E-state index is -0.734. The minimum Gasteiger partial charge on any atom is -0.485 e. The Morgan fingerprint density at radius 3 is 2.77 bits per heavy atom. The zero-order valence-electron chi connectivity index (χ0n) is 13.2. The third-order valence-corrected chi connectivity index (χ3v) is 5.25. The number of carbonyl (C=O) groups excluding carboxylic acids is 1. The van der Waals surface area contributed by atoms with Crippen LogP contribution in [0.2, 0.25) is 10.0 Å². The molecule has 0 radical (unpaired) electrons. The van der Waals surface area contributed by atoms with Crippen molar-refractivity contribution >= 4 is 45.6 Å². The summed E-state index contributed by atoms with van der Waals surface area (Å²) < 4.78 is 11.3. The number of nitrogens with one attached hydrogen (secondary N) is 1. The molecule has 8 heteroatoms. The van der Waals surface area contributed by atoms with Crippen molar-refractivity contribution < 1.29 is 14.3 Å². The van der Waals surface area contributed by atoms with Crippen LogP contribution in [0, 0.1) is 0 Å². The van der Waals surface area contributed by atoms with Gasteiger partial charge in [0.25, 0.3) is 5.91 Å². The number of halogens is 2. The molecule has 0 saturated carbocycles. The van der Waals surface area contributed by atoms with Crippen molar-refractivity contribution in [3.8, 4) is 22.8 Å². The van der Waals surface area contributed by atoms with Gasteiger partial charge in [-0.2, -0.15) is 0 Å². The van der Waals surface area contributed by atoms with Crippen molar-refractivity contribution in [1.82, 2.24) is 4.98 Å². The molecule has 1 aliphatic rings. The van der Waals surface area contributed by atoms with Gasteiger partial charge in [0.1, 0.15) is 6.61 Å².